The Balaban J connectivity index is 1.49. The zero-order valence-corrected chi connectivity index (χ0v) is 17.6. The van der Waals surface area contributed by atoms with E-state index in [1.54, 1.807) is 36.4 Å². The van der Waals surface area contributed by atoms with Crippen molar-refractivity contribution in [1.82, 2.24) is 4.57 Å². The summed E-state index contributed by atoms with van der Waals surface area (Å²) in [7, 11) is 1.93. The van der Waals surface area contributed by atoms with Gasteiger partial charge in [0.05, 0.1) is 10.2 Å². The molecule has 0 fully saturated rings. The fourth-order valence-electron chi connectivity index (χ4n) is 3.70. The number of thiazole rings is 1. The Labute approximate surface area is 182 Å². The number of rotatable bonds is 3. The number of nitrogens with zero attached hydrogens (tertiary/aromatic N) is 2. The number of aromatic nitrogens is 1. The third kappa shape index (κ3) is 3.49. The molecular weight excluding hydrogens is 404 g/mol. The van der Waals surface area contributed by atoms with E-state index in [0.717, 1.165) is 21.0 Å². The van der Waals surface area contributed by atoms with E-state index in [1.807, 2.05) is 41.9 Å². The van der Waals surface area contributed by atoms with Gasteiger partial charge in [-0.3, -0.25) is 9.59 Å². The monoisotopic (exact) mass is 422 g/mol. The zero-order chi connectivity index (χ0) is 21.4. The molecule has 0 aliphatic heterocycles. The Morgan fingerprint density at radius 3 is 2.16 bits per heavy atom. The molecule has 5 rings (SSSR count). The first-order chi connectivity index (χ1) is 15.1. The molecule has 31 heavy (non-hydrogen) atoms. The minimum Gasteiger partial charge on any atom is -0.319 e. The van der Waals surface area contributed by atoms with Gasteiger partial charge in [-0.2, -0.15) is 4.99 Å². The average molecular weight is 423 g/mol. The first-order valence-corrected chi connectivity index (χ1v) is 10.7. The predicted octanol–water partition coefficient (Wildman–Crippen LogP) is 5.37. The SMILES string of the molecule is Cn1c(=NC(=O)c2ccc(C(=O)c3ccccc3)cc2)sc2ccc3ccccc3c21. The molecule has 0 aliphatic rings. The molecule has 0 saturated carbocycles. The van der Waals surface area contributed by atoms with Crippen molar-refractivity contribution in [2.45, 2.75) is 0 Å². The fraction of sp³-hybridized carbons (Fsp3) is 0.0385. The molecule has 5 heteroatoms. The molecule has 0 unspecified atom stereocenters. The van der Waals surface area contributed by atoms with Crippen molar-refractivity contribution in [3.63, 3.8) is 0 Å². The molecule has 1 heterocycles. The van der Waals surface area contributed by atoms with Gasteiger partial charge in [0.15, 0.2) is 10.6 Å². The summed E-state index contributed by atoms with van der Waals surface area (Å²) in [4.78, 5) is 30.4. The summed E-state index contributed by atoms with van der Waals surface area (Å²) in [5.74, 6) is -0.399. The number of ketones is 1. The van der Waals surface area contributed by atoms with E-state index in [4.69, 9.17) is 0 Å². The summed E-state index contributed by atoms with van der Waals surface area (Å²) in [5.41, 5.74) is 2.68. The van der Waals surface area contributed by atoms with E-state index >= 15 is 0 Å². The van der Waals surface area contributed by atoms with Crippen LogP contribution in [0.4, 0.5) is 0 Å². The Hall–Kier alpha value is -3.83. The van der Waals surface area contributed by atoms with E-state index < -0.39 is 0 Å². The molecule has 150 valence electrons. The topological polar surface area (TPSA) is 51.4 Å². The molecule has 5 aromatic rings. The van der Waals surface area contributed by atoms with Crippen molar-refractivity contribution in [2.24, 2.45) is 12.0 Å². The molecule has 0 aliphatic carbocycles. The number of carbonyl (C=O) groups is 2. The maximum Gasteiger partial charge on any atom is 0.279 e. The number of hydrogen-bond donors (Lipinski definition) is 0. The summed E-state index contributed by atoms with van der Waals surface area (Å²) in [5, 5.41) is 2.29. The van der Waals surface area contributed by atoms with Crippen molar-refractivity contribution >= 4 is 44.0 Å². The van der Waals surface area contributed by atoms with Crippen LogP contribution in [0.1, 0.15) is 26.3 Å². The van der Waals surface area contributed by atoms with Crippen LogP contribution >= 0.6 is 11.3 Å². The van der Waals surface area contributed by atoms with Gasteiger partial charge in [-0.1, -0.05) is 84.1 Å². The molecule has 0 bridgehead atoms. The molecule has 1 amide bonds. The van der Waals surface area contributed by atoms with E-state index in [0.29, 0.717) is 21.5 Å². The van der Waals surface area contributed by atoms with Gasteiger partial charge in [-0.05, 0) is 23.6 Å². The number of amides is 1. The van der Waals surface area contributed by atoms with E-state index in [2.05, 4.69) is 29.3 Å². The van der Waals surface area contributed by atoms with Crippen molar-refractivity contribution < 1.29 is 9.59 Å². The van der Waals surface area contributed by atoms with Crippen LogP contribution in [0, 0.1) is 0 Å². The first kappa shape index (κ1) is 19.2. The lowest BCUT2D eigenvalue weighted by Gasteiger charge is -2.02. The molecule has 0 radical (unpaired) electrons. The lowest BCUT2D eigenvalue weighted by atomic mass is 10.0. The highest BCUT2D eigenvalue weighted by Crippen LogP contribution is 2.26. The summed E-state index contributed by atoms with van der Waals surface area (Å²) in [6.45, 7) is 0. The Bertz CT molecular complexity index is 1510. The maximum absolute atomic E-state index is 12.8. The lowest BCUT2D eigenvalue weighted by molar-refractivity contribution is 0.0994. The van der Waals surface area contributed by atoms with Gasteiger partial charge in [-0.15, -0.1) is 0 Å². The van der Waals surface area contributed by atoms with Crippen LogP contribution in [0.5, 0.6) is 0 Å². The number of carbonyl (C=O) groups excluding carboxylic acids is 2. The second-order valence-corrected chi connectivity index (χ2v) is 8.28. The smallest absolute Gasteiger partial charge is 0.279 e. The second-order valence-electron chi connectivity index (χ2n) is 7.27. The number of fused-ring (bicyclic) bond motifs is 3. The Morgan fingerprint density at radius 2 is 1.39 bits per heavy atom. The number of benzene rings is 4. The quantitative estimate of drug-likeness (QED) is 0.367. The molecule has 0 N–H and O–H groups in total. The van der Waals surface area contributed by atoms with E-state index in [-0.39, 0.29) is 11.7 Å². The van der Waals surface area contributed by atoms with Crippen LogP contribution < -0.4 is 4.80 Å². The van der Waals surface area contributed by atoms with Gasteiger partial charge in [-0.25, -0.2) is 0 Å². The number of aryl methyl sites for hydroxylation is 1. The lowest BCUT2D eigenvalue weighted by Crippen LogP contribution is -2.13. The van der Waals surface area contributed by atoms with Crippen molar-refractivity contribution in [1.29, 1.82) is 0 Å². The maximum atomic E-state index is 12.8. The van der Waals surface area contributed by atoms with Crippen LogP contribution in [0.25, 0.3) is 21.0 Å². The summed E-state index contributed by atoms with van der Waals surface area (Å²) < 4.78 is 3.05. The van der Waals surface area contributed by atoms with Crippen molar-refractivity contribution in [2.75, 3.05) is 0 Å². The summed E-state index contributed by atoms with van der Waals surface area (Å²) in [6, 6.07) is 28.1. The van der Waals surface area contributed by atoms with Gasteiger partial charge in [0.1, 0.15) is 0 Å². The third-order valence-electron chi connectivity index (χ3n) is 5.31. The van der Waals surface area contributed by atoms with Gasteiger partial charge in [0.2, 0.25) is 0 Å². The molecule has 1 aromatic heterocycles. The highest BCUT2D eigenvalue weighted by atomic mass is 32.1. The minimum absolute atomic E-state index is 0.0701. The second kappa shape index (κ2) is 7.78. The zero-order valence-electron chi connectivity index (χ0n) is 16.8. The molecule has 0 spiro atoms. The average Bonchev–Trinajstić information content (AvgIpc) is 3.14. The highest BCUT2D eigenvalue weighted by Gasteiger charge is 2.12. The molecule has 4 aromatic carbocycles. The standard InChI is InChI=1S/C26H18N2O2S/c1-28-23-21-10-6-5-7-17(21)15-16-22(23)31-26(28)27-25(30)20-13-11-19(12-14-20)24(29)18-8-3-2-4-9-18/h2-16H,1H3. The van der Waals surface area contributed by atoms with Crippen molar-refractivity contribution in [3.05, 3.63) is 112 Å². The third-order valence-corrected chi connectivity index (χ3v) is 6.41. The highest BCUT2D eigenvalue weighted by molar-refractivity contribution is 7.16. The Kier molecular flexibility index (Phi) is 4.81. The van der Waals surface area contributed by atoms with Crippen LogP contribution in [0.2, 0.25) is 0 Å². The van der Waals surface area contributed by atoms with Crippen molar-refractivity contribution in [3.8, 4) is 0 Å². The van der Waals surface area contributed by atoms with Gasteiger partial charge < -0.3 is 4.57 Å². The summed E-state index contributed by atoms with van der Waals surface area (Å²) in [6.07, 6.45) is 0. The normalized spacial score (nSPS) is 11.8. The van der Waals surface area contributed by atoms with Crippen LogP contribution in [0.15, 0.2) is 96.0 Å². The predicted molar refractivity (Wildman–Crippen MR) is 125 cm³/mol. The van der Waals surface area contributed by atoms with E-state index in [1.165, 1.54) is 11.3 Å². The minimum atomic E-state index is -0.329. The fourth-order valence-corrected chi connectivity index (χ4v) is 4.73. The first-order valence-electron chi connectivity index (χ1n) is 9.88. The molecule has 0 saturated heterocycles. The van der Waals surface area contributed by atoms with Gasteiger partial charge in [0, 0.05) is 29.1 Å². The van der Waals surface area contributed by atoms with E-state index in [9.17, 15) is 9.59 Å². The molecule has 0 atom stereocenters. The van der Waals surface area contributed by atoms with Crippen LogP contribution in [-0.2, 0) is 7.05 Å². The molecular formula is C26H18N2O2S. The Morgan fingerprint density at radius 1 is 0.742 bits per heavy atom. The number of hydrogen-bond acceptors (Lipinski definition) is 3. The summed E-state index contributed by atoms with van der Waals surface area (Å²) >= 11 is 1.49. The van der Waals surface area contributed by atoms with Gasteiger partial charge in [0.25, 0.3) is 5.91 Å². The molecule has 4 nitrogen and oxygen atoms in total. The van der Waals surface area contributed by atoms with Crippen LogP contribution in [-0.4, -0.2) is 16.3 Å². The van der Waals surface area contributed by atoms with Gasteiger partial charge >= 0.3 is 0 Å². The van der Waals surface area contributed by atoms with Crippen LogP contribution in [0.3, 0.4) is 0 Å². The largest absolute Gasteiger partial charge is 0.319 e.